The van der Waals surface area contributed by atoms with Crippen LogP contribution in [0.3, 0.4) is 0 Å². The number of aromatic nitrogens is 2. The minimum atomic E-state index is -3.61. The van der Waals surface area contributed by atoms with Crippen molar-refractivity contribution in [2.45, 2.75) is 10.6 Å². The third-order valence-electron chi connectivity index (χ3n) is 7.04. The molecular formula is C30H26N4O3S. The molecule has 3 heterocycles. The average Bonchev–Trinajstić information content (AvgIpc) is 2.96. The monoisotopic (exact) mass is 522 g/mol. The Morgan fingerprint density at radius 3 is 2.34 bits per heavy atom. The van der Waals surface area contributed by atoms with Crippen LogP contribution in [0.25, 0.3) is 21.7 Å². The Bertz CT molecular complexity index is 1730. The van der Waals surface area contributed by atoms with E-state index < -0.39 is 9.84 Å². The number of pyridine rings is 2. The molecule has 0 N–H and O–H groups in total. The van der Waals surface area contributed by atoms with Crippen molar-refractivity contribution in [2.75, 3.05) is 31.1 Å². The van der Waals surface area contributed by atoms with Gasteiger partial charge in [0, 0.05) is 60.3 Å². The molecule has 6 rings (SSSR count). The molecule has 1 amide bonds. The first-order chi connectivity index (χ1) is 18.5. The van der Waals surface area contributed by atoms with Gasteiger partial charge in [-0.25, -0.2) is 8.42 Å². The summed E-state index contributed by atoms with van der Waals surface area (Å²) in [5.74, 6) is -0.206. The second-order valence-electron chi connectivity index (χ2n) is 9.45. The summed E-state index contributed by atoms with van der Waals surface area (Å²) in [5, 5.41) is 3.04. The van der Waals surface area contributed by atoms with Gasteiger partial charge in [0.2, 0.25) is 0 Å². The Kier molecular flexibility index (Phi) is 6.25. The predicted octanol–water partition coefficient (Wildman–Crippen LogP) is 4.72. The second-order valence-corrected chi connectivity index (χ2v) is 11.4. The molecule has 0 unspecified atom stereocenters. The minimum Gasteiger partial charge on any atom is -0.366 e. The smallest absolute Gasteiger partial charge is 0.253 e. The van der Waals surface area contributed by atoms with E-state index >= 15 is 0 Å². The summed E-state index contributed by atoms with van der Waals surface area (Å²) in [5.41, 5.74) is 2.74. The summed E-state index contributed by atoms with van der Waals surface area (Å²) >= 11 is 0. The van der Waals surface area contributed by atoms with E-state index in [1.165, 1.54) is 0 Å². The molecule has 0 radical (unpaired) electrons. The lowest BCUT2D eigenvalue weighted by Crippen LogP contribution is -2.48. The molecule has 0 bridgehead atoms. The molecule has 7 nitrogen and oxygen atoms in total. The van der Waals surface area contributed by atoms with Crippen LogP contribution in [0.4, 0.5) is 5.69 Å². The quantitative estimate of drug-likeness (QED) is 0.332. The van der Waals surface area contributed by atoms with E-state index in [2.05, 4.69) is 27.0 Å². The molecule has 1 saturated heterocycles. The molecule has 8 heteroatoms. The van der Waals surface area contributed by atoms with Gasteiger partial charge in [-0.3, -0.25) is 14.8 Å². The van der Waals surface area contributed by atoms with E-state index in [0.717, 1.165) is 34.9 Å². The molecule has 1 fully saturated rings. The summed E-state index contributed by atoms with van der Waals surface area (Å²) in [6.07, 6.45) is 5.36. The van der Waals surface area contributed by atoms with Crippen LogP contribution in [0.1, 0.15) is 15.9 Å². The normalized spacial score (nSPS) is 14.2. The number of sulfone groups is 1. The third-order valence-corrected chi connectivity index (χ3v) is 8.76. The number of carbonyl (C=O) groups is 1. The number of hydrogen-bond acceptors (Lipinski definition) is 6. The van der Waals surface area contributed by atoms with Crippen LogP contribution in [0.15, 0.2) is 102 Å². The fraction of sp³-hybridized carbons (Fsp3) is 0.167. The Labute approximate surface area is 221 Å². The second kappa shape index (κ2) is 9.87. The van der Waals surface area contributed by atoms with E-state index in [0.29, 0.717) is 29.7 Å². The van der Waals surface area contributed by atoms with Gasteiger partial charge < -0.3 is 9.80 Å². The van der Waals surface area contributed by atoms with Crippen LogP contribution >= 0.6 is 0 Å². The lowest BCUT2D eigenvalue weighted by molar-refractivity contribution is 0.0747. The third kappa shape index (κ3) is 4.59. The molecule has 1 aliphatic rings. The van der Waals surface area contributed by atoms with Gasteiger partial charge in [-0.05, 0) is 29.8 Å². The molecule has 1 aliphatic heterocycles. The number of nitrogens with zero attached hydrogens (tertiary/aromatic N) is 4. The standard InChI is InChI=1S/C30H26N4O3S/c35-30(34-17-15-33(16-18-34)27-20-31-19-25-5-1-2-8-26(25)27)24-12-10-22(11-13-24)21-38(36,37)28-9-3-6-23-7-4-14-32-29(23)28/h1-14,19-20H,15-18,21H2. The van der Waals surface area contributed by atoms with Crippen molar-refractivity contribution >= 4 is 43.1 Å². The van der Waals surface area contributed by atoms with Crippen LogP contribution < -0.4 is 4.90 Å². The molecule has 0 aliphatic carbocycles. The van der Waals surface area contributed by atoms with Crippen LogP contribution in [-0.2, 0) is 15.6 Å². The number of anilines is 1. The zero-order valence-electron chi connectivity index (χ0n) is 20.7. The molecule has 38 heavy (non-hydrogen) atoms. The highest BCUT2D eigenvalue weighted by Gasteiger charge is 2.24. The van der Waals surface area contributed by atoms with Crippen molar-refractivity contribution in [3.05, 3.63) is 109 Å². The summed E-state index contributed by atoms with van der Waals surface area (Å²) in [6, 6.07) is 23.9. The Balaban J connectivity index is 1.13. The van der Waals surface area contributed by atoms with Crippen LogP contribution in [0.5, 0.6) is 0 Å². The molecule has 3 aromatic carbocycles. The molecular weight excluding hydrogens is 496 g/mol. The maximum absolute atomic E-state index is 13.2. The van der Waals surface area contributed by atoms with Gasteiger partial charge >= 0.3 is 0 Å². The van der Waals surface area contributed by atoms with E-state index in [-0.39, 0.29) is 16.6 Å². The van der Waals surface area contributed by atoms with E-state index in [1.807, 2.05) is 41.6 Å². The first-order valence-electron chi connectivity index (χ1n) is 12.5. The lowest BCUT2D eigenvalue weighted by Gasteiger charge is -2.36. The maximum atomic E-state index is 13.2. The molecule has 0 spiro atoms. The lowest BCUT2D eigenvalue weighted by atomic mass is 10.1. The summed E-state index contributed by atoms with van der Waals surface area (Å²) in [4.78, 5) is 26.2. The van der Waals surface area contributed by atoms with Crippen LogP contribution in [0, 0.1) is 0 Å². The zero-order valence-corrected chi connectivity index (χ0v) is 21.5. The number of rotatable bonds is 5. The van der Waals surface area contributed by atoms with Gasteiger partial charge in [0.1, 0.15) is 0 Å². The number of carbonyl (C=O) groups excluding carboxylic acids is 1. The zero-order chi connectivity index (χ0) is 26.1. The minimum absolute atomic E-state index is 0.0478. The Morgan fingerprint density at radius 1 is 0.789 bits per heavy atom. The Hall–Kier alpha value is -4.30. The fourth-order valence-electron chi connectivity index (χ4n) is 5.05. The SMILES string of the molecule is O=C(c1ccc(CS(=O)(=O)c2cccc3cccnc23)cc1)N1CCN(c2cncc3ccccc23)CC1. The molecule has 2 aromatic heterocycles. The highest BCUT2D eigenvalue weighted by Crippen LogP contribution is 2.27. The van der Waals surface area contributed by atoms with Gasteiger partial charge in [0.25, 0.3) is 5.91 Å². The summed E-state index contributed by atoms with van der Waals surface area (Å²) in [7, 11) is -3.61. The van der Waals surface area contributed by atoms with E-state index in [4.69, 9.17) is 0 Å². The summed E-state index contributed by atoms with van der Waals surface area (Å²) < 4.78 is 26.4. The highest BCUT2D eigenvalue weighted by molar-refractivity contribution is 7.90. The predicted molar refractivity (Wildman–Crippen MR) is 149 cm³/mol. The Morgan fingerprint density at radius 2 is 1.53 bits per heavy atom. The van der Waals surface area contributed by atoms with Gasteiger partial charge in [0.05, 0.1) is 28.0 Å². The molecule has 0 atom stereocenters. The van der Waals surface area contributed by atoms with Crippen molar-refractivity contribution in [3.8, 4) is 0 Å². The van der Waals surface area contributed by atoms with Crippen molar-refractivity contribution in [3.63, 3.8) is 0 Å². The van der Waals surface area contributed by atoms with Crippen LogP contribution in [-0.4, -0.2) is 55.4 Å². The first-order valence-corrected chi connectivity index (χ1v) is 14.2. The van der Waals surface area contributed by atoms with Gasteiger partial charge in [-0.1, -0.05) is 54.6 Å². The largest absolute Gasteiger partial charge is 0.366 e. The average molecular weight is 523 g/mol. The summed E-state index contributed by atoms with van der Waals surface area (Å²) in [6.45, 7) is 2.65. The van der Waals surface area contributed by atoms with E-state index in [1.54, 1.807) is 48.7 Å². The van der Waals surface area contributed by atoms with Crippen molar-refractivity contribution in [1.29, 1.82) is 0 Å². The van der Waals surface area contributed by atoms with Gasteiger partial charge in [0.15, 0.2) is 9.84 Å². The van der Waals surface area contributed by atoms with Crippen LogP contribution in [0.2, 0.25) is 0 Å². The number of hydrogen-bond donors (Lipinski definition) is 0. The number of para-hydroxylation sites is 1. The number of fused-ring (bicyclic) bond motifs is 2. The molecule has 0 saturated carbocycles. The molecule has 5 aromatic rings. The van der Waals surface area contributed by atoms with Gasteiger partial charge in [-0.2, -0.15) is 0 Å². The van der Waals surface area contributed by atoms with Crippen molar-refractivity contribution in [2.24, 2.45) is 0 Å². The highest BCUT2D eigenvalue weighted by atomic mass is 32.2. The number of benzene rings is 3. The van der Waals surface area contributed by atoms with Gasteiger partial charge in [-0.15, -0.1) is 0 Å². The topological polar surface area (TPSA) is 83.5 Å². The van der Waals surface area contributed by atoms with Crippen molar-refractivity contribution < 1.29 is 13.2 Å². The maximum Gasteiger partial charge on any atom is 0.253 e. The first kappa shape index (κ1) is 24.1. The number of piperazine rings is 1. The fourth-order valence-corrected chi connectivity index (χ4v) is 6.59. The van der Waals surface area contributed by atoms with Crippen molar-refractivity contribution in [1.82, 2.24) is 14.9 Å². The number of amides is 1. The molecule has 190 valence electrons. The van der Waals surface area contributed by atoms with E-state index in [9.17, 15) is 13.2 Å².